The zero-order chi connectivity index (χ0) is 10.0. The second-order valence-corrected chi connectivity index (χ2v) is 2.69. The highest BCUT2D eigenvalue weighted by atomic mass is 15.2. The van der Waals surface area contributed by atoms with Crippen molar-refractivity contribution in [3.05, 3.63) is 0 Å². The number of hydrogen-bond acceptors (Lipinski definition) is 6. The summed E-state index contributed by atoms with van der Waals surface area (Å²) < 4.78 is 0. The third-order valence-corrected chi connectivity index (χ3v) is 1.49. The van der Waals surface area contributed by atoms with Crippen LogP contribution in [0.3, 0.4) is 0 Å². The van der Waals surface area contributed by atoms with Crippen LogP contribution in [0, 0.1) is 0 Å². The molecule has 1 aromatic heterocycles. The minimum absolute atomic E-state index is 0.133. The Kier molecular flexibility index (Phi) is 2.32. The van der Waals surface area contributed by atoms with Crippen LogP contribution in [0.15, 0.2) is 4.99 Å². The van der Waals surface area contributed by atoms with Crippen molar-refractivity contribution >= 4 is 30.0 Å². The predicted octanol–water partition coefficient (Wildman–Crippen LogP) is 0.0391. The first-order valence-corrected chi connectivity index (χ1v) is 3.63. The lowest BCUT2D eigenvalue weighted by atomic mass is 10.4. The van der Waals surface area contributed by atoms with Gasteiger partial charge in [-0.25, -0.2) is 0 Å². The van der Waals surface area contributed by atoms with E-state index in [1.165, 1.54) is 0 Å². The van der Waals surface area contributed by atoms with Gasteiger partial charge in [-0.1, -0.05) is 0 Å². The maximum atomic E-state index is 5.58. The van der Waals surface area contributed by atoms with E-state index in [-0.39, 0.29) is 11.8 Å². The van der Waals surface area contributed by atoms with Crippen molar-refractivity contribution in [2.24, 2.45) is 4.99 Å². The molecule has 0 aliphatic heterocycles. The fraction of sp³-hybridized carbons (Fsp3) is 0.286. The quantitative estimate of drug-likeness (QED) is 0.627. The van der Waals surface area contributed by atoms with Crippen LogP contribution >= 0.6 is 0 Å². The number of aliphatic imine (C=N–C) groups is 1. The van der Waals surface area contributed by atoms with Gasteiger partial charge in [-0.2, -0.15) is 9.97 Å². The molecule has 0 spiro atoms. The van der Waals surface area contributed by atoms with Gasteiger partial charge >= 0.3 is 0 Å². The lowest BCUT2D eigenvalue weighted by molar-refractivity contribution is 1.05. The second kappa shape index (κ2) is 3.26. The monoisotopic (exact) mass is 180 g/mol. The Labute approximate surface area is 76.3 Å². The average molecular weight is 180 g/mol. The molecule has 0 fully saturated rings. The standard InChI is InChI=1S/C7H12N6/c1-10-4-5(8)11-7(9)12-6(4)13(2)3/h1H2,2-3H3,(H4,8,9,11,12). The molecule has 0 aromatic carbocycles. The van der Waals surface area contributed by atoms with Gasteiger partial charge in [0.05, 0.1) is 0 Å². The van der Waals surface area contributed by atoms with E-state index in [2.05, 4.69) is 21.7 Å². The summed E-state index contributed by atoms with van der Waals surface area (Å²) in [5.74, 6) is 0.944. The minimum atomic E-state index is 0.133. The van der Waals surface area contributed by atoms with Crippen molar-refractivity contribution in [3.63, 3.8) is 0 Å². The maximum Gasteiger partial charge on any atom is 0.224 e. The van der Waals surface area contributed by atoms with Crippen molar-refractivity contribution in [3.8, 4) is 0 Å². The molecule has 0 unspecified atom stereocenters. The third kappa shape index (κ3) is 1.66. The molecule has 0 aliphatic rings. The number of anilines is 3. The van der Waals surface area contributed by atoms with Gasteiger partial charge in [0.25, 0.3) is 0 Å². The molecule has 70 valence electrons. The average Bonchev–Trinajstić information content (AvgIpc) is 2.02. The van der Waals surface area contributed by atoms with E-state index in [1.807, 2.05) is 14.1 Å². The summed E-state index contributed by atoms with van der Waals surface area (Å²) in [7, 11) is 3.63. The number of nitrogen functional groups attached to an aromatic ring is 2. The van der Waals surface area contributed by atoms with Crippen LogP contribution in [0.5, 0.6) is 0 Å². The topological polar surface area (TPSA) is 93.4 Å². The fourth-order valence-electron chi connectivity index (χ4n) is 0.941. The Morgan fingerprint density at radius 2 is 1.92 bits per heavy atom. The van der Waals surface area contributed by atoms with Crippen LogP contribution < -0.4 is 16.4 Å². The molecule has 1 heterocycles. The van der Waals surface area contributed by atoms with Crippen LogP contribution in [0.2, 0.25) is 0 Å². The van der Waals surface area contributed by atoms with Gasteiger partial charge < -0.3 is 16.4 Å². The zero-order valence-electron chi connectivity index (χ0n) is 7.65. The molecule has 0 saturated carbocycles. The third-order valence-electron chi connectivity index (χ3n) is 1.49. The van der Waals surface area contributed by atoms with Gasteiger partial charge in [-0.3, -0.25) is 4.99 Å². The summed E-state index contributed by atoms with van der Waals surface area (Å²) in [5, 5.41) is 0. The lowest BCUT2D eigenvalue weighted by Crippen LogP contribution is -2.13. The number of aromatic nitrogens is 2. The lowest BCUT2D eigenvalue weighted by Gasteiger charge is -2.14. The van der Waals surface area contributed by atoms with E-state index in [0.717, 1.165) is 0 Å². The second-order valence-electron chi connectivity index (χ2n) is 2.69. The van der Waals surface area contributed by atoms with Gasteiger partial charge in [0, 0.05) is 14.1 Å². The summed E-state index contributed by atoms with van der Waals surface area (Å²) in [6, 6.07) is 0. The predicted molar refractivity (Wildman–Crippen MR) is 54.4 cm³/mol. The molecule has 13 heavy (non-hydrogen) atoms. The van der Waals surface area contributed by atoms with Gasteiger partial charge in [0.15, 0.2) is 11.6 Å². The summed E-state index contributed by atoms with van der Waals surface area (Å²) in [5.41, 5.74) is 11.5. The number of nitrogens with zero attached hydrogens (tertiary/aromatic N) is 4. The minimum Gasteiger partial charge on any atom is -0.382 e. The molecular weight excluding hydrogens is 168 g/mol. The van der Waals surface area contributed by atoms with E-state index in [1.54, 1.807) is 4.90 Å². The van der Waals surface area contributed by atoms with Gasteiger partial charge in [0.1, 0.15) is 5.69 Å². The highest BCUT2D eigenvalue weighted by Gasteiger charge is 2.10. The van der Waals surface area contributed by atoms with E-state index >= 15 is 0 Å². The van der Waals surface area contributed by atoms with Gasteiger partial charge in [-0.15, -0.1) is 0 Å². The van der Waals surface area contributed by atoms with Crippen LogP contribution in [-0.2, 0) is 0 Å². The first-order chi connectivity index (χ1) is 6.06. The van der Waals surface area contributed by atoms with Crippen LogP contribution in [-0.4, -0.2) is 30.8 Å². The molecule has 0 bridgehead atoms. The van der Waals surface area contributed by atoms with Crippen LogP contribution in [0.1, 0.15) is 0 Å². The first-order valence-electron chi connectivity index (χ1n) is 3.63. The van der Waals surface area contributed by atoms with Crippen molar-refractivity contribution in [1.29, 1.82) is 0 Å². The molecule has 6 heteroatoms. The first kappa shape index (κ1) is 9.24. The maximum absolute atomic E-state index is 5.58. The van der Waals surface area contributed by atoms with Crippen LogP contribution in [0.4, 0.5) is 23.3 Å². The Morgan fingerprint density at radius 1 is 1.31 bits per heavy atom. The summed E-state index contributed by atoms with van der Waals surface area (Å²) in [4.78, 5) is 13.2. The van der Waals surface area contributed by atoms with Crippen molar-refractivity contribution in [2.75, 3.05) is 30.5 Å². The van der Waals surface area contributed by atoms with Crippen molar-refractivity contribution in [2.45, 2.75) is 0 Å². The molecule has 1 aromatic rings. The van der Waals surface area contributed by atoms with E-state index in [0.29, 0.717) is 11.5 Å². The van der Waals surface area contributed by atoms with E-state index < -0.39 is 0 Å². The normalized spacial score (nSPS) is 9.69. The molecule has 0 radical (unpaired) electrons. The largest absolute Gasteiger partial charge is 0.382 e. The molecular formula is C7H12N6. The molecule has 6 nitrogen and oxygen atoms in total. The Bertz CT molecular complexity index is 332. The molecule has 0 amide bonds. The number of rotatable bonds is 2. The zero-order valence-corrected chi connectivity index (χ0v) is 7.65. The Morgan fingerprint density at radius 3 is 2.38 bits per heavy atom. The SMILES string of the molecule is C=Nc1c(N)nc(N)nc1N(C)C. The summed E-state index contributed by atoms with van der Waals surface area (Å²) >= 11 is 0. The molecule has 1 rings (SSSR count). The molecule has 4 N–H and O–H groups in total. The molecule has 0 saturated heterocycles. The number of nitrogens with two attached hydrogens (primary N) is 2. The molecule has 0 atom stereocenters. The highest BCUT2D eigenvalue weighted by Crippen LogP contribution is 2.29. The molecule has 0 aliphatic carbocycles. The van der Waals surface area contributed by atoms with Crippen molar-refractivity contribution < 1.29 is 0 Å². The van der Waals surface area contributed by atoms with Gasteiger partial charge in [-0.05, 0) is 6.72 Å². The van der Waals surface area contributed by atoms with E-state index in [4.69, 9.17) is 11.5 Å². The Hall–Kier alpha value is -1.85. The van der Waals surface area contributed by atoms with Crippen molar-refractivity contribution in [1.82, 2.24) is 9.97 Å². The summed E-state index contributed by atoms with van der Waals surface area (Å²) in [6.07, 6.45) is 0. The van der Waals surface area contributed by atoms with Gasteiger partial charge in [0.2, 0.25) is 5.95 Å². The van der Waals surface area contributed by atoms with E-state index in [9.17, 15) is 0 Å². The Balaban J connectivity index is 3.38. The number of hydrogen-bond donors (Lipinski definition) is 2. The smallest absolute Gasteiger partial charge is 0.224 e. The summed E-state index contributed by atoms with van der Waals surface area (Å²) in [6.45, 7) is 3.39. The highest BCUT2D eigenvalue weighted by molar-refractivity contribution is 5.75. The van der Waals surface area contributed by atoms with Crippen LogP contribution in [0.25, 0.3) is 0 Å². The fourth-order valence-corrected chi connectivity index (χ4v) is 0.941.